The number of H-pyrrole nitrogens is 1. The molecule has 1 aromatic carbocycles. The molecular formula is C25H32N6O. The highest BCUT2D eigenvalue weighted by Gasteiger charge is 2.27. The van der Waals surface area contributed by atoms with Gasteiger partial charge >= 0.3 is 0 Å². The van der Waals surface area contributed by atoms with Gasteiger partial charge in [0.25, 0.3) is 0 Å². The molecule has 2 aliphatic rings. The number of piperidine rings is 1. The van der Waals surface area contributed by atoms with Crippen molar-refractivity contribution in [2.45, 2.75) is 57.2 Å². The van der Waals surface area contributed by atoms with Crippen LogP contribution in [0.3, 0.4) is 0 Å². The van der Waals surface area contributed by atoms with Crippen LogP contribution in [0.25, 0.3) is 11.0 Å². The number of aryl methyl sites for hydroxylation is 1. The van der Waals surface area contributed by atoms with Crippen LogP contribution >= 0.6 is 0 Å². The van der Waals surface area contributed by atoms with E-state index in [1.165, 1.54) is 17.7 Å². The fourth-order valence-electron chi connectivity index (χ4n) is 5.24. The SMILES string of the molecule is CN(Cc1nc2c(NC(=O)[C@@H]3CCCCN3C)cccc2[nH]1)C1CCCc2cccnc21. The zero-order chi connectivity index (χ0) is 22.1. The Labute approximate surface area is 189 Å². The average molecular weight is 433 g/mol. The van der Waals surface area contributed by atoms with Crippen molar-refractivity contribution < 1.29 is 4.79 Å². The van der Waals surface area contributed by atoms with Gasteiger partial charge in [-0.2, -0.15) is 0 Å². The molecule has 1 fully saturated rings. The summed E-state index contributed by atoms with van der Waals surface area (Å²) in [5.74, 6) is 0.966. The van der Waals surface area contributed by atoms with E-state index >= 15 is 0 Å². The number of carbonyl (C=O) groups is 1. The average Bonchev–Trinajstić information content (AvgIpc) is 3.22. The lowest BCUT2D eigenvalue weighted by atomic mass is 9.91. The Morgan fingerprint density at radius 1 is 1.22 bits per heavy atom. The zero-order valence-corrected chi connectivity index (χ0v) is 19.0. The number of hydrogen-bond acceptors (Lipinski definition) is 5. The highest BCUT2D eigenvalue weighted by atomic mass is 16.2. The van der Waals surface area contributed by atoms with E-state index in [1.807, 2.05) is 37.5 Å². The van der Waals surface area contributed by atoms with Crippen molar-refractivity contribution in [1.29, 1.82) is 0 Å². The van der Waals surface area contributed by atoms with Crippen LogP contribution in [-0.4, -0.2) is 57.3 Å². The molecule has 168 valence electrons. The van der Waals surface area contributed by atoms with Gasteiger partial charge in [0.2, 0.25) is 5.91 Å². The van der Waals surface area contributed by atoms with Gasteiger partial charge in [0, 0.05) is 6.20 Å². The van der Waals surface area contributed by atoms with Gasteiger partial charge in [-0.05, 0) is 76.5 Å². The van der Waals surface area contributed by atoms with Crippen LogP contribution in [0, 0.1) is 0 Å². The van der Waals surface area contributed by atoms with Gasteiger partial charge in [-0.15, -0.1) is 0 Å². The smallest absolute Gasteiger partial charge is 0.241 e. The number of benzene rings is 1. The summed E-state index contributed by atoms with van der Waals surface area (Å²) in [6.45, 7) is 1.68. The molecule has 32 heavy (non-hydrogen) atoms. The van der Waals surface area contributed by atoms with E-state index in [-0.39, 0.29) is 11.9 Å². The minimum absolute atomic E-state index is 0.0613. The summed E-state index contributed by atoms with van der Waals surface area (Å²) in [5, 5.41) is 3.14. The largest absolute Gasteiger partial charge is 0.341 e. The summed E-state index contributed by atoms with van der Waals surface area (Å²) in [6.07, 6.45) is 8.46. The zero-order valence-electron chi connectivity index (χ0n) is 19.0. The first-order chi connectivity index (χ1) is 15.6. The van der Waals surface area contributed by atoms with Crippen molar-refractivity contribution in [3.05, 3.63) is 53.6 Å². The summed E-state index contributed by atoms with van der Waals surface area (Å²) >= 11 is 0. The molecule has 2 aromatic heterocycles. The number of fused-ring (bicyclic) bond motifs is 2. The highest BCUT2D eigenvalue weighted by Crippen LogP contribution is 2.33. The molecule has 7 heteroatoms. The van der Waals surface area contributed by atoms with Gasteiger partial charge in [-0.3, -0.25) is 19.6 Å². The highest BCUT2D eigenvalue weighted by molar-refractivity contribution is 6.01. The second-order valence-electron chi connectivity index (χ2n) is 9.24. The van der Waals surface area contributed by atoms with Crippen LogP contribution in [0.2, 0.25) is 0 Å². The van der Waals surface area contributed by atoms with Gasteiger partial charge in [-0.1, -0.05) is 18.6 Å². The van der Waals surface area contributed by atoms with Crippen molar-refractivity contribution >= 4 is 22.6 Å². The van der Waals surface area contributed by atoms with Crippen LogP contribution in [0.4, 0.5) is 5.69 Å². The van der Waals surface area contributed by atoms with Crippen molar-refractivity contribution in [2.24, 2.45) is 0 Å². The number of rotatable bonds is 5. The standard InChI is InChI=1S/C25H32N6O/c1-30-15-4-3-12-21(30)25(32)28-19-11-6-10-18-24(19)29-22(27-18)16-31(2)20-13-5-8-17-9-7-14-26-23(17)20/h6-7,9-11,14,20-21H,3-5,8,12-13,15-16H2,1-2H3,(H,27,29)(H,28,32)/t20?,21-/m0/s1. The maximum absolute atomic E-state index is 12.9. The van der Waals surface area contributed by atoms with Gasteiger partial charge in [0.1, 0.15) is 11.3 Å². The number of likely N-dealkylation sites (tertiary alicyclic amines) is 1. The number of nitrogens with zero attached hydrogens (tertiary/aromatic N) is 4. The maximum atomic E-state index is 12.9. The van der Waals surface area contributed by atoms with Crippen molar-refractivity contribution in [2.75, 3.05) is 26.0 Å². The summed E-state index contributed by atoms with van der Waals surface area (Å²) in [6, 6.07) is 10.4. The Bertz CT molecular complexity index is 1110. The minimum Gasteiger partial charge on any atom is -0.341 e. The van der Waals surface area contributed by atoms with Crippen LogP contribution in [-0.2, 0) is 17.8 Å². The summed E-state index contributed by atoms with van der Waals surface area (Å²) < 4.78 is 0. The van der Waals surface area contributed by atoms with E-state index in [2.05, 4.69) is 38.2 Å². The predicted molar refractivity (Wildman–Crippen MR) is 126 cm³/mol. The van der Waals surface area contributed by atoms with E-state index < -0.39 is 0 Å². The summed E-state index contributed by atoms with van der Waals surface area (Å²) in [5.41, 5.74) is 5.11. The summed E-state index contributed by atoms with van der Waals surface area (Å²) in [7, 11) is 4.17. The van der Waals surface area contributed by atoms with E-state index in [9.17, 15) is 4.79 Å². The monoisotopic (exact) mass is 432 g/mol. The van der Waals surface area contributed by atoms with Gasteiger partial charge < -0.3 is 10.3 Å². The lowest BCUT2D eigenvalue weighted by molar-refractivity contribution is -0.121. The normalized spacial score (nSPS) is 21.6. The van der Waals surface area contributed by atoms with Crippen molar-refractivity contribution in [3.63, 3.8) is 0 Å². The van der Waals surface area contributed by atoms with E-state index in [0.29, 0.717) is 12.6 Å². The number of likely N-dealkylation sites (N-methyl/N-ethyl adjacent to an activating group) is 1. The molecule has 1 amide bonds. The van der Waals surface area contributed by atoms with Crippen LogP contribution in [0.5, 0.6) is 0 Å². The topological polar surface area (TPSA) is 77.2 Å². The van der Waals surface area contributed by atoms with Gasteiger partial charge in [-0.25, -0.2) is 4.98 Å². The van der Waals surface area contributed by atoms with E-state index in [4.69, 9.17) is 4.98 Å². The molecule has 1 aliphatic carbocycles. The van der Waals surface area contributed by atoms with Crippen LogP contribution < -0.4 is 5.32 Å². The number of carbonyl (C=O) groups excluding carboxylic acids is 1. The first-order valence-corrected chi connectivity index (χ1v) is 11.7. The lowest BCUT2D eigenvalue weighted by Crippen LogP contribution is -2.44. The molecular weight excluding hydrogens is 400 g/mol. The first kappa shape index (κ1) is 21.1. The molecule has 2 N–H and O–H groups in total. The molecule has 0 spiro atoms. The second-order valence-corrected chi connectivity index (χ2v) is 9.24. The Morgan fingerprint density at radius 3 is 3.00 bits per heavy atom. The number of anilines is 1. The molecule has 3 heterocycles. The second kappa shape index (κ2) is 9.00. The minimum atomic E-state index is -0.0672. The third-order valence-corrected chi connectivity index (χ3v) is 6.99. The number of amides is 1. The van der Waals surface area contributed by atoms with Crippen molar-refractivity contribution in [3.8, 4) is 0 Å². The number of nitrogens with one attached hydrogen (secondary N) is 2. The Morgan fingerprint density at radius 2 is 2.12 bits per heavy atom. The predicted octanol–water partition coefficient (Wildman–Crippen LogP) is 3.89. The van der Waals surface area contributed by atoms with Crippen LogP contribution in [0.15, 0.2) is 36.5 Å². The van der Waals surface area contributed by atoms with E-state index in [0.717, 1.165) is 61.2 Å². The number of hydrogen-bond donors (Lipinski definition) is 2. The lowest BCUT2D eigenvalue weighted by Gasteiger charge is -2.31. The number of para-hydroxylation sites is 1. The molecule has 1 unspecified atom stereocenters. The fraction of sp³-hybridized carbons (Fsp3) is 0.480. The number of aromatic nitrogens is 3. The fourth-order valence-corrected chi connectivity index (χ4v) is 5.24. The van der Waals surface area contributed by atoms with Gasteiger partial charge in [0.15, 0.2) is 0 Å². The Kier molecular flexibility index (Phi) is 5.93. The molecule has 3 aromatic rings. The van der Waals surface area contributed by atoms with Crippen LogP contribution in [0.1, 0.15) is 55.2 Å². The molecule has 1 aliphatic heterocycles. The Hall–Kier alpha value is -2.77. The number of pyridine rings is 1. The Balaban J connectivity index is 1.34. The molecule has 5 rings (SSSR count). The molecule has 0 saturated carbocycles. The van der Waals surface area contributed by atoms with Crippen molar-refractivity contribution in [1.82, 2.24) is 24.8 Å². The summed E-state index contributed by atoms with van der Waals surface area (Å²) in [4.78, 5) is 30.4. The van der Waals surface area contributed by atoms with Gasteiger partial charge in [0.05, 0.1) is 35.5 Å². The quantitative estimate of drug-likeness (QED) is 0.640. The number of aromatic amines is 1. The number of imidazole rings is 1. The maximum Gasteiger partial charge on any atom is 0.241 e. The van der Waals surface area contributed by atoms with E-state index in [1.54, 1.807) is 0 Å². The molecule has 0 radical (unpaired) electrons. The molecule has 0 bridgehead atoms. The molecule has 2 atom stereocenters. The molecule has 7 nitrogen and oxygen atoms in total. The molecule has 1 saturated heterocycles. The third-order valence-electron chi connectivity index (χ3n) is 6.99. The first-order valence-electron chi connectivity index (χ1n) is 11.7. The third kappa shape index (κ3) is 4.14.